The fraction of sp³-hybridized carbons (Fsp3) is 0.632. The Bertz CT molecular complexity index is 514. The van der Waals surface area contributed by atoms with Gasteiger partial charge in [-0.3, -0.25) is 9.69 Å². The Morgan fingerprint density at radius 3 is 2.54 bits per heavy atom. The molecule has 1 heterocycles. The highest BCUT2D eigenvalue weighted by Crippen LogP contribution is 2.19. The van der Waals surface area contributed by atoms with Crippen molar-refractivity contribution in [2.24, 2.45) is 5.92 Å². The van der Waals surface area contributed by atoms with E-state index >= 15 is 0 Å². The maximum Gasteiger partial charge on any atom is 0.234 e. The van der Waals surface area contributed by atoms with Crippen molar-refractivity contribution in [1.82, 2.24) is 10.2 Å². The number of carbonyl (C=O) groups is 1. The molecule has 1 aromatic rings. The largest absolute Gasteiger partial charge is 0.393 e. The average Bonchev–Trinajstić information content (AvgIpc) is 3.00. The van der Waals surface area contributed by atoms with Gasteiger partial charge in [0.15, 0.2) is 0 Å². The second-order valence-electron chi connectivity index (χ2n) is 6.98. The first-order valence-electron chi connectivity index (χ1n) is 8.80. The molecule has 5 nitrogen and oxygen atoms in total. The van der Waals surface area contributed by atoms with E-state index in [-0.39, 0.29) is 18.1 Å². The Kier molecular flexibility index (Phi) is 7.21. The van der Waals surface area contributed by atoms with Crippen LogP contribution in [0.4, 0.5) is 0 Å². The van der Waals surface area contributed by atoms with Crippen molar-refractivity contribution in [2.75, 3.05) is 19.6 Å². The molecule has 5 heteroatoms. The van der Waals surface area contributed by atoms with Gasteiger partial charge in [-0.25, -0.2) is 0 Å². The van der Waals surface area contributed by atoms with Gasteiger partial charge < -0.3 is 15.2 Å². The second-order valence-corrected chi connectivity index (χ2v) is 6.98. The molecular formula is C19H30N2O3. The van der Waals surface area contributed by atoms with E-state index < -0.39 is 0 Å². The zero-order chi connectivity index (χ0) is 17.5. The van der Waals surface area contributed by atoms with Crippen molar-refractivity contribution in [3.8, 4) is 0 Å². The van der Waals surface area contributed by atoms with E-state index in [1.54, 1.807) is 0 Å². The second kappa shape index (κ2) is 9.16. The van der Waals surface area contributed by atoms with Crippen molar-refractivity contribution >= 4 is 5.91 Å². The summed E-state index contributed by atoms with van der Waals surface area (Å²) in [5.74, 6) is 0.326. The van der Waals surface area contributed by atoms with E-state index in [9.17, 15) is 9.90 Å². The molecule has 0 saturated carbocycles. The lowest BCUT2D eigenvalue weighted by Gasteiger charge is -2.17. The number of likely N-dealkylation sites (tertiary alicyclic amines) is 1. The molecule has 0 radical (unpaired) electrons. The summed E-state index contributed by atoms with van der Waals surface area (Å²) >= 11 is 0. The third-order valence-corrected chi connectivity index (χ3v) is 4.45. The number of benzene rings is 1. The minimum atomic E-state index is -0.295. The van der Waals surface area contributed by atoms with Crippen LogP contribution in [-0.4, -0.2) is 47.8 Å². The summed E-state index contributed by atoms with van der Waals surface area (Å²) in [5.41, 5.74) is 2.22. The Morgan fingerprint density at radius 1 is 1.29 bits per heavy atom. The van der Waals surface area contributed by atoms with Crippen molar-refractivity contribution in [2.45, 2.75) is 52.6 Å². The fourth-order valence-electron chi connectivity index (χ4n) is 2.88. The molecule has 1 saturated heterocycles. The van der Waals surface area contributed by atoms with Crippen LogP contribution in [0, 0.1) is 5.92 Å². The molecule has 1 fully saturated rings. The molecule has 0 spiro atoms. The highest BCUT2D eigenvalue weighted by Gasteiger charge is 2.26. The SMILES string of the molecule is CC(C)OCc1ccc(CNC(=O)CN2CCC(C(C)O)C2)cc1. The van der Waals surface area contributed by atoms with Crippen LogP contribution < -0.4 is 5.32 Å². The van der Waals surface area contributed by atoms with Crippen LogP contribution in [0.15, 0.2) is 24.3 Å². The summed E-state index contributed by atoms with van der Waals surface area (Å²) in [7, 11) is 0. The fourth-order valence-corrected chi connectivity index (χ4v) is 2.88. The number of aliphatic hydroxyl groups is 1. The zero-order valence-corrected chi connectivity index (χ0v) is 15.0. The van der Waals surface area contributed by atoms with Crippen LogP contribution in [0.25, 0.3) is 0 Å². The monoisotopic (exact) mass is 334 g/mol. The van der Waals surface area contributed by atoms with E-state index in [1.807, 2.05) is 45.0 Å². The van der Waals surface area contributed by atoms with Gasteiger partial charge in [0.1, 0.15) is 0 Å². The molecule has 24 heavy (non-hydrogen) atoms. The van der Waals surface area contributed by atoms with E-state index in [0.29, 0.717) is 25.6 Å². The summed E-state index contributed by atoms with van der Waals surface area (Å²) in [6.45, 7) is 9.11. The van der Waals surface area contributed by atoms with Gasteiger partial charge in [0.05, 0.1) is 25.4 Å². The minimum Gasteiger partial charge on any atom is -0.393 e. The highest BCUT2D eigenvalue weighted by atomic mass is 16.5. The van der Waals surface area contributed by atoms with Crippen molar-refractivity contribution in [3.05, 3.63) is 35.4 Å². The molecular weight excluding hydrogens is 304 g/mol. The molecule has 1 aliphatic rings. The zero-order valence-electron chi connectivity index (χ0n) is 15.0. The maximum atomic E-state index is 12.1. The van der Waals surface area contributed by atoms with Crippen LogP contribution in [0.2, 0.25) is 0 Å². The Balaban J connectivity index is 1.70. The molecule has 1 amide bonds. The summed E-state index contributed by atoms with van der Waals surface area (Å²) in [5, 5.41) is 12.6. The summed E-state index contributed by atoms with van der Waals surface area (Å²) < 4.78 is 5.57. The van der Waals surface area contributed by atoms with Gasteiger partial charge in [0.2, 0.25) is 5.91 Å². The molecule has 0 bridgehead atoms. The lowest BCUT2D eigenvalue weighted by Crippen LogP contribution is -2.36. The molecule has 2 rings (SSSR count). The van der Waals surface area contributed by atoms with Crippen LogP contribution >= 0.6 is 0 Å². The minimum absolute atomic E-state index is 0.0356. The van der Waals surface area contributed by atoms with Gasteiger partial charge in [0, 0.05) is 13.1 Å². The van der Waals surface area contributed by atoms with E-state index in [4.69, 9.17) is 4.74 Å². The molecule has 1 aliphatic heterocycles. The number of hydrogen-bond donors (Lipinski definition) is 2. The van der Waals surface area contributed by atoms with Crippen molar-refractivity contribution in [1.29, 1.82) is 0 Å². The molecule has 1 aromatic carbocycles. The van der Waals surface area contributed by atoms with Crippen LogP contribution in [0.3, 0.4) is 0 Å². The maximum absolute atomic E-state index is 12.1. The number of carbonyl (C=O) groups excluding carboxylic acids is 1. The number of rotatable bonds is 8. The van der Waals surface area contributed by atoms with Crippen molar-refractivity contribution in [3.63, 3.8) is 0 Å². The normalized spacial score (nSPS) is 19.6. The number of nitrogens with zero attached hydrogens (tertiary/aromatic N) is 1. The lowest BCUT2D eigenvalue weighted by atomic mass is 10.0. The standard InChI is InChI=1S/C19H30N2O3/c1-14(2)24-13-17-6-4-16(5-7-17)10-20-19(23)12-21-9-8-18(11-21)15(3)22/h4-7,14-15,18,22H,8-13H2,1-3H3,(H,20,23). The summed E-state index contributed by atoms with van der Waals surface area (Å²) in [6.07, 6.45) is 0.893. The van der Waals surface area contributed by atoms with Gasteiger partial charge in [0.25, 0.3) is 0 Å². The van der Waals surface area contributed by atoms with E-state index in [1.165, 1.54) is 0 Å². The van der Waals surface area contributed by atoms with Crippen LogP contribution in [0.5, 0.6) is 0 Å². The third-order valence-electron chi connectivity index (χ3n) is 4.45. The van der Waals surface area contributed by atoms with Gasteiger partial charge in [-0.05, 0) is 50.8 Å². The molecule has 2 N–H and O–H groups in total. The summed E-state index contributed by atoms with van der Waals surface area (Å²) in [6, 6.07) is 8.13. The topological polar surface area (TPSA) is 61.8 Å². The van der Waals surface area contributed by atoms with Gasteiger partial charge >= 0.3 is 0 Å². The Labute approximate surface area is 145 Å². The first-order chi connectivity index (χ1) is 11.4. The predicted octanol–water partition coefficient (Wildman–Crippen LogP) is 1.93. The smallest absolute Gasteiger partial charge is 0.234 e. The Hall–Kier alpha value is -1.43. The molecule has 0 aliphatic carbocycles. The van der Waals surface area contributed by atoms with Crippen molar-refractivity contribution < 1.29 is 14.6 Å². The first kappa shape index (κ1) is 18.9. The summed E-state index contributed by atoms with van der Waals surface area (Å²) in [4.78, 5) is 14.2. The third kappa shape index (κ3) is 6.23. The van der Waals surface area contributed by atoms with Gasteiger partial charge in [-0.2, -0.15) is 0 Å². The van der Waals surface area contributed by atoms with Crippen LogP contribution in [0.1, 0.15) is 38.3 Å². The molecule has 2 atom stereocenters. The highest BCUT2D eigenvalue weighted by molar-refractivity contribution is 5.78. The number of nitrogens with one attached hydrogen (secondary N) is 1. The number of aliphatic hydroxyl groups excluding tert-OH is 1. The molecule has 134 valence electrons. The Morgan fingerprint density at radius 2 is 1.96 bits per heavy atom. The number of amides is 1. The lowest BCUT2D eigenvalue weighted by molar-refractivity contribution is -0.122. The number of ether oxygens (including phenoxy) is 1. The number of hydrogen-bond acceptors (Lipinski definition) is 4. The van der Waals surface area contributed by atoms with Gasteiger partial charge in [-0.1, -0.05) is 24.3 Å². The van der Waals surface area contributed by atoms with E-state index in [0.717, 1.165) is 30.6 Å². The molecule has 2 unspecified atom stereocenters. The predicted molar refractivity (Wildman–Crippen MR) is 94.4 cm³/mol. The average molecular weight is 334 g/mol. The van der Waals surface area contributed by atoms with E-state index in [2.05, 4.69) is 10.2 Å². The molecule has 0 aromatic heterocycles. The van der Waals surface area contributed by atoms with Gasteiger partial charge in [-0.15, -0.1) is 0 Å². The first-order valence-corrected chi connectivity index (χ1v) is 8.80. The van der Waals surface area contributed by atoms with Crippen LogP contribution in [-0.2, 0) is 22.7 Å². The quantitative estimate of drug-likeness (QED) is 0.763.